The van der Waals surface area contributed by atoms with Gasteiger partial charge in [-0.1, -0.05) is 41.4 Å². The van der Waals surface area contributed by atoms with Crippen LogP contribution in [0, 0.1) is 6.92 Å². The standard InChI is InChI=1S/C17H18ClN3O3/c1-11-3-5-12(6-4-11)10-24-16-14(18)7-13(8-15(16)23-2)9-20-21-17(19)22/h3-9H,10H2,1-2H3,(H3,19,21,22)/b20-9-. The van der Waals surface area contributed by atoms with Crippen molar-refractivity contribution in [3.63, 3.8) is 0 Å². The summed E-state index contributed by atoms with van der Waals surface area (Å²) in [4.78, 5) is 10.6. The Morgan fingerprint density at radius 2 is 2.04 bits per heavy atom. The molecule has 0 spiro atoms. The summed E-state index contributed by atoms with van der Waals surface area (Å²) in [6.45, 7) is 2.39. The lowest BCUT2D eigenvalue weighted by molar-refractivity contribution is 0.249. The number of methoxy groups -OCH3 is 1. The van der Waals surface area contributed by atoms with Gasteiger partial charge in [-0.25, -0.2) is 10.2 Å². The normalized spacial score (nSPS) is 10.6. The number of nitrogens with one attached hydrogen (secondary N) is 1. The van der Waals surface area contributed by atoms with Crippen LogP contribution >= 0.6 is 11.6 Å². The topological polar surface area (TPSA) is 85.9 Å². The van der Waals surface area contributed by atoms with Gasteiger partial charge in [-0.2, -0.15) is 5.10 Å². The van der Waals surface area contributed by atoms with Crippen LogP contribution < -0.4 is 20.6 Å². The molecule has 0 bridgehead atoms. The molecule has 0 fully saturated rings. The first-order chi connectivity index (χ1) is 11.5. The van der Waals surface area contributed by atoms with E-state index in [1.807, 2.05) is 31.2 Å². The summed E-state index contributed by atoms with van der Waals surface area (Å²) < 4.78 is 11.1. The zero-order chi connectivity index (χ0) is 17.5. The van der Waals surface area contributed by atoms with Gasteiger partial charge in [-0.3, -0.25) is 0 Å². The number of ether oxygens (including phenoxy) is 2. The predicted octanol–water partition coefficient (Wildman–Crippen LogP) is 3.24. The number of amides is 2. The number of rotatable bonds is 6. The number of aryl methyl sites for hydroxylation is 1. The van der Waals surface area contributed by atoms with Crippen LogP contribution in [0.5, 0.6) is 11.5 Å². The highest BCUT2D eigenvalue weighted by Gasteiger charge is 2.12. The summed E-state index contributed by atoms with van der Waals surface area (Å²) in [5.74, 6) is 0.912. The van der Waals surface area contributed by atoms with Crippen LogP contribution in [0.4, 0.5) is 4.79 Å². The van der Waals surface area contributed by atoms with Crippen molar-refractivity contribution >= 4 is 23.8 Å². The smallest absolute Gasteiger partial charge is 0.332 e. The Morgan fingerprint density at radius 3 is 2.67 bits per heavy atom. The van der Waals surface area contributed by atoms with E-state index in [2.05, 4.69) is 10.5 Å². The number of nitrogens with two attached hydrogens (primary N) is 1. The average Bonchev–Trinajstić information content (AvgIpc) is 2.54. The third kappa shape index (κ3) is 4.89. The quantitative estimate of drug-likeness (QED) is 0.621. The van der Waals surface area contributed by atoms with Gasteiger partial charge in [0.05, 0.1) is 18.3 Å². The van der Waals surface area contributed by atoms with Crippen molar-refractivity contribution in [2.24, 2.45) is 10.8 Å². The fraction of sp³-hybridized carbons (Fsp3) is 0.176. The molecule has 0 radical (unpaired) electrons. The van der Waals surface area contributed by atoms with Gasteiger partial charge in [0.2, 0.25) is 0 Å². The van der Waals surface area contributed by atoms with E-state index in [-0.39, 0.29) is 0 Å². The highest BCUT2D eigenvalue weighted by atomic mass is 35.5. The first-order valence-corrected chi connectivity index (χ1v) is 7.52. The van der Waals surface area contributed by atoms with Gasteiger partial charge in [-0.15, -0.1) is 0 Å². The van der Waals surface area contributed by atoms with E-state index in [9.17, 15) is 4.79 Å². The highest BCUT2D eigenvalue weighted by Crippen LogP contribution is 2.36. The molecule has 3 N–H and O–H groups in total. The minimum atomic E-state index is -0.748. The van der Waals surface area contributed by atoms with E-state index in [4.69, 9.17) is 26.8 Å². The van der Waals surface area contributed by atoms with E-state index < -0.39 is 6.03 Å². The third-order valence-corrected chi connectivity index (χ3v) is 3.42. The lowest BCUT2D eigenvalue weighted by atomic mass is 10.1. The number of halogens is 1. The van der Waals surface area contributed by atoms with Crippen molar-refractivity contribution in [2.45, 2.75) is 13.5 Å². The molecule has 0 unspecified atom stereocenters. The number of benzene rings is 2. The minimum absolute atomic E-state index is 0.368. The molecule has 2 aromatic rings. The molecule has 0 aliphatic heterocycles. The fourth-order valence-corrected chi connectivity index (χ4v) is 2.24. The van der Waals surface area contributed by atoms with E-state index >= 15 is 0 Å². The average molecular weight is 348 g/mol. The third-order valence-electron chi connectivity index (χ3n) is 3.14. The first-order valence-electron chi connectivity index (χ1n) is 7.14. The zero-order valence-electron chi connectivity index (χ0n) is 13.4. The molecule has 0 heterocycles. The molecule has 24 heavy (non-hydrogen) atoms. The van der Waals surface area contributed by atoms with Crippen molar-refractivity contribution in [3.8, 4) is 11.5 Å². The van der Waals surface area contributed by atoms with Crippen molar-refractivity contribution in [1.29, 1.82) is 0 Å². The summed E-state index contributed by atoms with van der Waals surface area (Å²) in [5.41, 5.74) is 9.88. The summed E-state index contributed by atoms with van der Waals surface area (Å²) in [6.07, 6.45) is 1.41. The Balaban J connectivity index is 2.15. The maximum Gasteiger partial charge on any atom is 0.332 e. The molecule has 0 saturated carbocycles. The Morgan fingerprint density at radius 1 is 1.33 bits per heavy atom. The van der Waals surface area contributed by atoms with Crippen LogP contribution in [0.15, 0.2) is 41.5 Å². The monoisotopic (exact) mass is 347 g/mol. The van der Waals surface area contributed by atoms with Crippen LogP contribution in [0.25, 0.3) is 0 Å². The molecule has 6 nitrogen and oxygen atoms in total. The molecule has 2 amide bonds. The molecule has 2 rings (SSSR count). The second-order valence-electron chi connectivity index (χ2n) is 5.04. The Kier molecular flexibility index (Phi) is 6.03. The van der Waals surface area contributed by atoms with Gasteiger partial charge in [0.1, 0.15) is 6.61 Å². The van der Waals surface area contributed by atoms with Crippen LogP contribution in [0.3, 0.4) is 0 Å². The van der Waals surface area contributed by atoms with Crippen LogP contribution in [-0.4, -0.2) is 19.4 Å². The Hall–Kier alpha value is -2.73. The molecular formula is C17H18ClN3O3. The molecule has 0 saturated heterocycles. The molecule has 0 aliphatic carbocycles. The molecule has 126 valence electrons. The summed E-state index contributed by atoms with van der Waals surface area (Å²) >= 11 is 6.27. The van der Waals surface area contributed by atoms with E-state index in [1.165, 1.54) is 18.9 Å². The SMILES string of the molecule is COc1cc(/C=N\NC(N)=O)cc(Cl)c1OCc1ccc(C)cc1. The first kappa shape index (κ1) is 17.6. The lowest BCUT2D eigenvalue weighted by Gasteiger charge is -2.13. The van der Waals surface area contributed by atoms with Crippen molar-refractivity contribution in [1.82, 2.24) is 5.43 Å². The Bertz CT molecular complexity index is 745. The van der Waals surface area contributed by atoms with Crippen molar-refractivity contribution < 1.29 is 14.3 Å². The van der Waals surface area contributed by atoms with Gasteiger partial charge >= 0.3 is 6.03 Å². The van der Waals surface area contributed by atoms with Crippen molar-refractivity contribution in [2.75, 3.05) is 7.11 Å². The summed E-state index contributed by atoms with van der Waals surface area (Å²) in [5, 5.41) is 4.06. The molecular weight excluding hydrogens is 330 g/mol. The second kappa shape index (κ2) is 8.21. The number of hydrazone groups is 1. The van der Waals surface area contributed by atoms with Gasteiger partial charge in [-0.05, 0) is 30.2 Å². The summed E-state index contributed by atoms with van der Waals surface area (Å²) in [7, 11) is 1.52. The zero-order valence-corrected chi connectivity index (χ0v) is 14.1. The number of nitrogens with zero attached hydrogens (tertiary/aromatic N) is 1. The molecule has 7 heteroatoms. The molecule has 0 aromatic heterocycles. The lowest BCUT2D eigenvalue weighted by Crippen LogP contribution is -2.24. The van der Waals surface area contributed by atoms with Crippen LogP contribution in [-0.2, 0) is 6.61 Å². The van der Waals surface area contributed by atoms with E-state index in [0.29, 0.717) is 28.7 Å². The van der Waals surface area contributed by atoms with Crippen LogP contribution in [0.2, 0.25) is 5.02 Å². The number of hydrogen-bond donors (Lipinski definition) is 2. The molecule has 2 aromatic carbocycles. The molecule has 0 aliphatic rings. The predicted molar refractivity (Wildman–Crippen MR) is 93.8 cm³/mol. The highest BCUT2D eigenvalue weighted by molar-refractivity contribution is 6.32. The summed E-state index contributed by atoms with van der Waals surface area (Å²) in [6, 6.07) is 10.6. The van der Waals surface area contributed by atoms with Crippen molar-refractivity contribution in [3.05, 3.63) is 58.1 Å². The van der Waals surface area contributed by atoms with Gasteiger partial charge < -0.3 is 15.2 Å². The second-order valence-corrected chi connectivity index (χ2v) is 5.45. The fourth-order valence-electron chi connectivity index (χ4n) is 1.96. The van der Waals surface area contributed by atoms with Gasteiger partial charge in [0.15, 0.2) is 11.5 Å². The number of hydrogen-bond acceptors (Lipinski definition) is 4. The Labute approximate surface area is 145 Å². The maximum atomic E-state index is 10.6. The number of carbonyl (C=O) groups is 1. The molecule has 0 atom stereocenters. The van der Waals surface area contributed by atoms with Gasteiger partial charge in [0, 0.05) is 0 Å². The van der Waals surface area contributed by atoms with E-state index in [1.54, 1.807) is 12.1 Å². The number of urea groups is 1. The van der Waals surface area contributed by atoms with E-state index in [0.717, 1.165) is 5.56 Å². The number of primary amides is 1. The largest absolute Gasteiger partial charge is 0.493 e. The van der Waals surface area contributed by atoms with Gasteiger partial charge in [0.25, 0.3) is 0 Å². The minimum Gasteiger partial charge on any atom is -0.493 e. The van der Waals surface area contributed by atoms with Crippen LogP contribution in [0.1, 0.15) is 16.7 Å². The maximum absolute atomic E-state index is 10.6. The number of carbonyl (C=O) groups excluding carboxylic acids is 1.